The minimum Gasteiger partial charge on any atom is -0.481 e. The molecule has 0 saturated carbocycles. The topological polar surface area (TPSA) is 57.6 Å². The van der Waals surface area contributed by atoms with Crippen LogP contribution in [0.1, 0.15) is 36.8 Å². The van der Waals surface area contributed by atoms with Crippen LogP contribution in [0.3, 0.4) is 0 Å². The van der Waals surface area contributed by atoms with E-state index in [1.54, 1.807) is 0 Å². The first-order valence-corrected chi connectivity index (χ1v) is 7.59. The number of nitrogens with zero attached hydrogens (tertiary/aromatic N) is 1. The summed E-state index contributed by atoms with van der Waals surface area (Å²) in [6.45, 7) is 3.54. The molecular weight excluding hydrogens is 266 g/mol. The summed E-state index contributed by atoms with van der Waals surface area (Å²) in [5, 5.41) is 8.76. The standard InChI is InChI=1S/C17H23NO3/c1-13-4-6-14(7-5-13)11-16(19)18-10-2-3-15(12-18)8-9-17(20)21/h4-7,15H,2-3,8-12H2,1H3,(H,20,21). The zero-order valence-electron chi connectivity index (χ0n) is 12.5. The van der Waals surface area contributed by atoms with Crippen LogP contribution in [-0.4, -0.2) is 35.0 Å². The Morgan fingerprint density at radius 1 is 1.29 bits per heavy atom. The van der Waals surface area contributed by atoms with E-state index < -0.39 is 5.97 Å². The van der Waals surface area contributed by atoms with E-state index in [9.17, 15) is 9.59 Å². The largest absolute Gasteiger partial charge is 0.481 e. The lowest BCUT2D eigenvalue weighted by molar-refractivity contribution is -0.137. The predicted molar refractivity (Wildman–Crippen MR) is 81.1 cm³/mol. The second kappa shape index (κ2) is 7.25. The Morgan fingerprint density at radius 3 is 2.67 bits per heavy atom. The molecule has 114 valence electrons. The molecule has 1 N–H and O–H groups in total. The number of benzene rings is 1. The molecule has 4 heteroatoms. The second-order valence-corrected chi connectivity index (χ2v) is 5.94. The van der Waals surface area contributed by atoms with Crippen LogP contribution in [0.2, 0.25) is 0 Å². The van der Waals surface area contributed by atoms with Gasteiger partial charge in [0.1, 0.15) is 0 Å². The van der Waals surface area contributed by atoms with Gasteiger partial charge in [0.15, 0.2) is 0 Å². The molecule has 21 heavy (non-hydrogen) atoms. The minimum absolute atomic E-state index is 0.152. The summed E-state index contributed by atoms with van der Waals surface area (Å²) in [5.74, 6) is -0.270. The highest BCUT2D eigenvalue weighted by atomic mass is 16.4. The smallest absolute Gasteiger partial charge is 0.303 e. The summed E-state index contributed by atoms with van der Waals surface area (Å²) in [5.41, 5.74) is 2.23. The summed E-state index contributed by atoms with van der Waals surface area (Å²) < 4.78 is 0. The Hall–Kier alpha value is -1.84. The van der Waals surface area contributed by atoms with Gasteiger partial charge >= 0.3 is 5.97 Å². The zero-order valence-corrected chi connectivity index (χ0v) is 12.5. The highest BCUT2D eigenvalue weighted by Crippen LogP contribution is 2.21. The maximum atomic E-state index is 12.3. The maximum Gasteiger partial charge on any atom is 0.303 e. The third-order valence-electron chi connectivity index (χ3n) is 4.11. The van der Waals surface area contributed by atoms with Crippen molar-refractivity contribution in [1.82, 2.24) is 4.90 Å². The van der Waals surface area contributed by atoms with Gasteiger partial charge in [0.25, 0.3) is 0 Å². The molecular formula is C17H23NO3. The van der Waals surface area contributed by atoms with Gasteiger partial charge in [-0.1, -0.05) is 29.8 Å². The average Bonchev–Trinajstić information content (AvgIpc) is 2.48. The van der Waals surface area contributed by atoms with Crippen LogP contribution >= 0.6 is 0 Å². The van der Waals surface area contributed by atoms with Gasteiger partial charge in [0.2, 0.25) is 5.91 Å². The fourth-order valence-corrected chi connectivity index (χ4v) is 2.85. The van der Waals surface area contributed by atoms with E-state index in [1.165, 1.54) is 5.56 Å². The number of hydrogen-bond acceptors (Lipinski definition) is 2. The Labute approximate surface area is 125 Å². The molecule has 0 aliphatic carbocycles. The molecule has 1 fully saturated rings. The molecule has 1 aliphatic heterocycles. The Kier molecular flexibility index (Phi) is 5.37. The van der Waals surface area contributed by atoms with E-state index in [-0.39, 0.29) is 12.3 Å². The van der Waals surface area contributed by atoms with Crippen molar-refractivity contribution < 1.29 is 14.7 Å². The summed E-state index contributed by atoms with van der Waals surface area (Å²) in [6.07, 6.45) is 3.31. The minimum atomic E-state index is -0.752. The summed E-state index contributed by atoms with van der Waals surface area (Å²) in [7, 11) is 0. The number of carbonyl (C=O) groups excluding carboxylic acids is 1. The number of piperidine rings is 1. The van der Waals surface area contributed by atoms with Gasteiger partial charge in [0, 0.05) is 19.5 Å². The van der Waals surface area contributed by atoms with Gasteiger partial charge in [-0.25, -0.2) is 0 Å². The first-order valence-electron chi connectivity index (χ1n) is 7.59. The molecule has 0 bridgehead atoms. The highest BCUT2D eigenvalue weighted by molar-refractivity contribution is 5.78. The summed E-state index contributed by atoms with van der Waals surface area (Å²) in [4.78, 5) is 24.9. The Morgan fingerprint density at radius 2 is 2.00 bits per heavy atom. The maximum absolute atomic E-state index is 12.3. The van der Waals surface area contributed by atoms with Crippen molar-refractivity contribution in [1.29, 1.82) is 0 Å². The molecule has 1 aliphatic rings. The van der Waals surface area contributed by atoms with E-state index in [0.29, 0.717) is 25.3 Å². The van der Waals surface area contributed by atoms with E-state index in [4.69, 9.17) is 5.11 Å². The molecule has 1 aromatic carbocycles. The Bertz CT molecular complexity index is 495. The molecule has 1 saturated heterocycles. The SMILES string of the molecule is Cc1ccc(CC(=O)N2CCCC(CCC(=O)O)C2)cc1. The quantitative estimate of drug-likeness (QED) is 0.906. The molecule has 1 heterocycles. The normalized spacial score (nSPS) is 18.5. The van der Waals surface area contributed by atoms with Gasteiger partial charge in [-0.3, -0.25) is 9.59 Å². The van der Waals surface area contributed by atoms with Crippen LogP contribution in [-0.2, 0) is 16.0 Å². The van der Waals surface area contributed by atoms with E-state index in [1.807, 2.05) is 36.1 Å². The van der Waals surface area contributed by atoms with Crippen molar-refractivity contribution in [2.45, 2.75) is 39.0 Å². The van der Waals surface area contributed by atoms with Crippen LogP contribution in [0.25, 0.3) is 0 Å². The molecule has 1 amide bonds. The molecule has 0 radical (unpaired) electrons. The van der Waals surface area contributed by atoms with Crippen molar-refractivity contribution in [3.63, 3.8) is 0 Å². The number of amides is 1. The van der Waals surface area contributed by atoms with Gasteiger partial charge in [-0.2, -0.15) is 0 Å². The molecule has 1 atom stereocenters. The third kappa shape index (κ3) is 4.88. The van der Waals surface area contributed by atoms with Crippen LogP contribution in [0, 0.1) is 12.8 Å². The van der Waals surface area contributed by atoms with Crippen molar-refractivity contribution in [3.8, 4) is 0 Å². The van der Waals surface area contributed by atoms with Crippen molar-refractivity contribution in [3.05, 3.63) is 35.4 Å². The Balaban J connectivity index is 1.86. The van der Waals surface area contributed by atoms with Gasteiger partial charge in [0.05, 0.1) is 6.42 Å². The van der Waals surface area contributed by atoms with Crippen molar-refractivity contribution in [2.75, 3.05) is 13.1 Å². The number of likely N-dealkylation sites (tertiary alicyclic amines) is 1. The summed E-state index contributed by atoms with van der Waals surface area (Å²) in [6, 6.07) is 8.04. The van der Waals surface area contributed by atoms with Gasteiger partial charge in [-0.05, 0) is 37.7 Å². The lowest BCUT2D eigenvalue weighted by Crippen LogP contribution is -2.40. The van der Waals surface area contributed by atoms with E-state index in [2.05, 4.69) is 0 Å². The molecule has 1 unspecified atom stereocenters. The first kappa shape index (κ1) is 15.5. The second-order valence-electron chi connectivity index (χ2n) is 5.94. The highest BCUT2D eigenvalue weighted by Gasteiger charge is 2.23. The average molecular weight is 289 g/mol. The lowest BCUT2D eigenvalue weighted by Gasteiger charge is -2.32. The molecule has 1 aromatic rings. The number of aryl methyl sites for hydroxylation is 1. The van der Waals surface area contributed by atoms with Crippen molar-refractivity contribution in [2.24, 2.45) is 5.92 Å². The number of carboxylic acid groups (broad SMARTS) is 1. The number of carboxylic acids is 1. The van der Waals surface area contributed by atoms with Crippen molar-refractivity contribution >= 4 is 11.9 Å². The molecule has 0 spiro atoms. The first-order chi connectivity index (χ1) is 10.0. The number of hydrogen-bond donors (Lipinski definition) is 1. The number of carbonyl (C=O) groups is 2. The van der Waals surface area contributed by atoms with Crippen LogP contribution in [0.15, 0.2) is 24.3 Å². The van der Waals surface area contributed by atoms with Crippen LogP contribution in [0.5, 0.6) is 0 Å². The fraction of sp³-hybridized carbons (Fsp3) is 0.529. The molecule has 4 nitrogen and oxygen atoms in total. The predicted octanol–water partition coefficient (Wildman–Crippen LogP) is 2.64. The summed E-state index contributed by atoms with van der Waals surface area (Å²) >= 11 is 0. The van der Waals surface area contributed by atoms with E-state index >= 15 is 0 Å². The monoisotopic (exact) mass is 289 g/mol. The zero-order chi connectivity index (χ0) is 15.2. The fourth-order valence-electron chi connectivity index (χ4n) is 2.85. The van der Waals surface area contributed by atoms with Crippen LogP contribution < -0.4 is 0 Å². The van der Waals surface area contributed by atoms with Gasteiger partial charge < -0.3 is 10.0 Å². The lowest BCUT2D eigenvalue weighted by atomic mass is 9.93. The van der Waals surface area contributed by atoms with E-state index in [0.717, 1.165) is 24.9 Å². The molecule has 0 aromatic heterocycles. The number of aliphatic carboxylic acids is 1. The number of rotatable bonds is 5. The van der Waals surface area contributed by atoms with Gasteiger partial charge in [-0.15, -0.1) is 0 Å². The van der Waals surface area contributed by atoms with Crippen LogP contribution in [0.4, 0.5) is 0 Å². The third-order valence-corrected chi connectivity index (χ3v) is 4.11. The molecule has 2 rings (SSSR count).